The maximum atomic E-state index is 12.6. The average molecular weight is 410 g/mol. The molecule has 3 aliphatic rings. The second-order valence-corrected chi connectivity index (χ2v) is 9.38. The number of rotatable bonds is 3. The molecule has 2 aromatic rings. The molecule has 160 valence electrons. The normalized spacial score (nSPS) is 24.6. The van der Waals surface area contributed by atoms with Crippen molar-refractivity contribution < 1.29 is 9.32 Å². The fourth-order valence-corrected chi connectivity index (χ4v) is 5.51. The summed E-state index contributed by atoms with van der Waals surface area (Å²) in [4.78, 5) is 21.7. The van der Waals surface area contributed by atoms with E-state index in [1.54, 1.807) is 0 Å². The molecule has 1 saturated carbocycles. The van der Waals surface area contributed by atoms with Gasteiger partial charge in [0.05, 0.1) is 6.04 Å². The Bertz CT molecular complexity index is 869. The summed E-state index contributed by atoms with van der Waals surface area (Å²) in [6, 6.07) is 10.6. The van der Waals surface area contributed by atoms with Gasteiger partial charge in [0.25, 0.3) is 5.89 Å². The van der Waals surface area contributed by atoms with Crippen LogP contribution >= 0.6 is 0 Å². The van der Waals surface area contributed by atoms with Crippen LogP contribution in [0.2, 0.25) is 0 Å². The van der Waals surface area contributed by atoms with Gasteiger partial charge in [0, 0.05) is 31.2 Å². The van der Waals surface area contributed by atoms with Crippen LogP contribution in [0, 0.1) is 5.41 Å². The summed E-state index contributed by atoms with van der Waals surface area (Å²) in [5.41, 5.74) is 1.19. The van der Waals surface area contributed by atoms with Crippen LogP contribution in [0.4, 0.5) is 4.79 Å². The van der Waals surface area contributed by atoms with Crippen molar-refractivity contribution in [2.24, 2.45) is 5.41 Å². The van der Waals surface area contributed by atoms with Crippen molar-refractivity contribution in [3.63, 3.8) is 0 Å². The minimum absolute atomic E-state index is 0.130. The number of hydrogen-bond donors (Lipinski definition) is 1. The van der Waals surface area contributed by atoms with Crippen LogP contribution in [0.3, 0.4) is 0 Å². The molecule has 1 aromatic carbocycles. The maximum absolute atomic E-state index is 12.6. The number of urea groups is 1. The van der Waals surface area contributed by atoms with Gasteiger partial charge in [0.1, 0.15) is 0 Å². The van der Waals surface area contributed by atoms with E-state index in [-0.39, 0.29) is 17.5 Å². The number of likely N-dealkylation sites (tertiary alicyclic amines) is 2. The Hall–Kier alpha value is -2.41. The molecule has 7 nitrogen and oxygen atoms in total. The summed E-state index contributed by atoms with van der Waals surface area (Å²) in [6.07, 6.45) is 7.84. The Kier molecular flexibility index (Phi) is 5.23. The fourth-order valence-electron chi connectivity index (χ4n) is 5.51. The molecule has 1 aromatic heterocycles. The van der Waals surface area contributed by atoms with E-state index in [2.05, 4.69) is 22.4 Å². The predicted molar refractivity (Wildman–Crippen MR) is 114 cm³/mol. The monoisotopic (exact) mass is 409 g/mol. The highest BCUT2D eigenvalue weighted by Gasteiger charge is 2.46. The number of amides is 2. The molecule has 3 fully saturated rings. The van der Waals surface area contributed by atoms with Gasteiger partial charge in [0.2, 0.25) is 0 Å². The van der Waals surface area contributed by atoms with Crippen LogP contribution in [-0.4, -0.2) is 58.7 Å². The Labute approximate surface area is 177 Å². The molecule has 3 heterocycles. The molecule has 7 heteroatoms. The van der Waals surface area contributed by atoms with Crippen molar-refractivity contribution >= 4 is 6.03 Å². The van der Waals surface area contributed by atoms with E-state index in [1.165, 1.54) is 12.8 Å². The van der Waals surface area contributed by atoms with Crippen molar-refractivity contribution in [2.45, 2.75) is 57.0 Å². The number of piperidine rings is 1. The third-order valence-electron chi connectivity index (χ3n) is 7.30. The van der Waals surface area contributed by atoms with Crippen molar-refractivity contribution in [3.8, 4) is 11.5 Å². The van der Waals surface area contributed by atoms with E-state index in [4.69, 9.17) is 9.51 Å². The van der Waals surface area contributed by atoms with E-state index in [9.17, 15) is 4.79 Å². The first-order valence-electron chi connectivity index (χ1n) is 11.3. The van der Waals surface area contributed by atoms with E-state index in [1.807, 2.05) is 35.2 Å². The van der Waals surface area contributed by atoms with Crippen molar-refractivity contribution in [3.05, 3.63) is 36.2 Å². The minimum atomic E-state index is 0.130. The Balaban J connectivity index is 1.21. The van der Waals surface area contributed by atoms with Gasteiger partial charge in [-0.1, -0.05) is 36.2 Å². The number of hydrogen-bond acceptors (Lipinski definition) is 5. The van der Waals surface area contributed by atoms with Crippen molar-refractivity contribution in [1.82, 2.24) is 25.3 Å². The Morgan fingerprint density at radius 2 is 1.90 bits per heavy atom. The van der Waals surface area contributed by atoms with E-state index >= 15 is 0 Å². The SMILES string of the molecule is CN1CC2(CCN(C(=O)NC3CCCC3)CC2)CC1c1noc(-c2ccccc2)n1. The first kappa shape index (κ1) is 19.5. The van der Waals surface area contributed by atoms with Gasteiger partial charge in [-0.15, -0.1) is 0 Å². The number of nitrogens with zero attached hydrogens (tertiary/aromatic N) is 4. The number of carbonyl (C=O) groups is 1. The standard InChI is InChI=1S/C23H31N5O2/c1-27-16-23(11-13-28(14-12-23)22(29)24-18-9-5-6-10-18)15-19(27)20-25-21(30-26-20)17-7-3-2-4-8-17/h2-4,7-8,18-19H,5-6,9-16H2,1H3,(H,24,29). The highest BCUT2D eigenvalue weighted by Crippen LogP contribution is 2.47. The van der Waals surface area contributed by atoms with Crippen LogP contribution in [-0.2, 0) is 0 Å². The molecule has 1 N–H and O–H groups in total. The highest BCUT2D eigenvalue weighted by atomic mass is 16.5. The molecular weight excluding hydrogens is 378 g/mol. The lowest BCUT2D eigenvalue weighted by Gasteiger charge is -2.39. The lowest BCUT2D eigenvalue weighted by molar-refractivity contribution is 0.120. The van der Waals surface area contributed by atoms with Crippen LogP contribution in [0.1, 0.15) is 56.8 Å². The molecule has 1 spiro atoms. The first-order chi connectivity index (χ1) is 14.6. The summed E-state index contributed by atoms with van der Waals surface area (Å²) in [5.74, 6) is 1.35. The molecule has 1 unspecified atom stereocenters. The second kappa shape index (κ2) is 8.02. The quantitative estimate of drug-likeness (QED) is 0.834. The van der Waals surface area contributed by atoms with Gasteiger partial charge < -0.3 is 14.7 Å². The zero-order chi connectivity index (χ0) is 20.6. The zero-order valence-corrected chi connectivity index (χ0v) is 17.7. The van der Waals surface area contributed by atoms with Crippen LogP contribution < -0.4 is 5.32 Å². The largest absolute Gasteiger partial charge is 0.335 e. The highest BCUT2D eigenvalue weighted by molar-refractivity contribution is 5.74. The lowest BCUT2D eigenvalue weighted by Crippen LogP contribution is -2.49. The average Bonchev–Trinajstić information content (AvgIpc) is 3.50. The summed E-state index contributed by atoms with van der Waals surface area (Å²) in [7, 11) is 2.15. The van der Waals surface area contributed by atoms with Crippen LogP contribution in [0.5, 0.6) is 0 Å². The van der Waals surface area contributed by atoms with E-state index < -0.39 is 0 Å². The van der Waals surface area contributed by atoms with Crippen LogP contribution in [0.25, 0.3) is 11.5 Å². The summed E-state index contributed by atoms with van der Waals surface area (Å²) in [5, 5.41) is 7.53. The molecule has 2 aliphatic heterocycles. The lowest BCUT2D eigenvalue weighted by atomic mass is 9.76. The van der Waals surface area contributed by atoms with Crippen molar-refractivity contribution in [1.29, 1.82) is 0 Å². The molecule has 30 heavy (non-hydrogen) atoms. The molecule has 2 saturated heterocycles. The molecular formula is C23H31N5O2. The summed E-state index contributed by atoms with van der Waals surface area (Å²) >= 11 is 0. The number of nitrogens with one attached hydrogen (secondary N) is 1. The predicted octanol–water partition coefficient (Wildman–Crippen LogP) is 3.85. The molecule has 0 radical (unpaired) electrons. The van der Waals surface area contributed by atoms with Gasteiger partial charge in [0.15, 0.2) is 5.82 Å². The number of benzene rings is 1. The molecule has 1 atom stereocenters. The maximum Gasteiger partial charge on any atom is 0.317 e. The second-order valence-electron chi connectivity index (χ2n) is 9.38. The fraction of sp³-hybridized carbons (Fsp3) is 0.609. The van der Waals surface area contributed by atoms with Gasteiger partial charge in [-0.3, -0.25) is 4.90 Å². The molecule has 0 bridgehead atoms. The zero-order valence-electron chi connectivity index (χ0n) is 17.7. The number of carbonyl (C=O) groups excluding carboxylic acids is 1. The van der Waals surface area contributed by atoms with Crippen LogP contribution in [0.15, 0.2) is 34.9 Å². The van der Waals surface area contributed by atoms with Gasteiger partial charge >= 0.3 is 6.03 Å². The molecule has 2 amide bonds. The molecule has 5 rings (SSSR count). The third-order valence-corrected chi connectivity index (χ3v) is 7.30. The summed E-state index contributed by atoms with van der Waals surface area (Å²) in [6.45, 7) is 2.69. The van der Waals surface area contributed by atoms with Gasteiger partial charge in [-0.2, -0.15) is 4.98 Å². The first-order valence-corrected chi connectivity index (χ1v) is 11.3. The van der Waals surface area contributed by atoms with E-state index in [0.717, 1.165) is 63.1 Å². The van der Waals surface area contributed by atoms with Gasteiger partial charge in [-0.25, -0.2) is 4.79 Å². The Morgan fingerprint density at radius 3 is 2.63 bits per heavy atom. The number of aromatic nitrogens is 2. The van der Waals surface area contributed by atoms with Gasteiger partial charge in [-0.05, 0) is 56.7 Å². The smallest absolute Gasteiger partial charge is 0.317 e. The topological polar surface area (TPSA) is 74.5 Å². The van der Waals surface area contributed by atoms with Crippen molar-refractivity contribution in [2.75, 3.05) is 26.7 Å². The Morgan fingerprint density at radius 1 is 1.17 bits per heavy atom. The van der Waals surface area contributed by atoms with E-state index in [0.29, 0.717) is 11.9 Å². The third kappa shape index (κ3) is 3.83. The molecule has 1 aliphatic carbocycles. The minimum Gasteiger partial charge on any atom is -0.335 e. The summed E-state index contributed by atoms with van der Waals surface area (Å²) < 4.78 is 5.55.